The third-order valence-electron chi connectivity index (χ3n) is 10.7. The predicted octanol–water partition coefficient (Wildman–Crippen LogP) is 4.44. The molecule has 8 aliphatic carbocycles. The van der Waals surface area contributed by atoms with Crippen molar-refractivity contribution in [2.45, 2.75) is 77.0 Å². The van der Waals surface area contributed by atoms with Gasteiger partial charge in [-0.2, -0.15) is 0 Å². The number of hydrogen-bond acceptors (Lipinski definition) is 6. The molecule has 208 valence electrons. The summed E-state index contributed by atoms with van der Waals surface area (Å²) in [6, 6.07) is 0. The molecule has 0 radical (unpaired) electrons. The van der Waals surface area contributed by atoms with Crippen LogP contribution in [-0.2, 0) is 28.8 Å². The van der Waals surface area contributed by atoms with Crippen LogP contribution < -0.4 is 0 Å². The van der Waals surface area contributed by atoms with Crippen LogP contribution in [-0.4, -0.2) is 49.0 Å². The Kier molecular flexibility index (Phi) is 6.15. The van der Waals surface area contributed by atoms with E-state index in [2.05, 4.69) is 0 Å². The molecule has 8 bridgehead atoms. The largest absolute Gasteiger partial charge is 0.481 e. The van der Waals surface area contributed by atoms with Crippen molar-refractivity contribution in [2.75, 3.05) is 0 Å². The van der Waals surface area contributed by atoms with Gasteiger partial charge in [0.2, 0.25) is 15.7 Å². The fourth-order valence-corrected chi connectivity index (χ4v) is 10.9. The number of carbonyl (C=O) groups excluding carboxylic acids is 3. The second kappa shape index (κ2) is 8.40. The molecule has 8 fully saturated rings. The fourth-order valence-electron chi connectivity index (χ4n) is 10.2. The van der Waals surface area contributed by atoms with Crippen LogP contribution in [0.1, 0.15) is 77.0 Å². The number of aliphatic carboxylic acids is 3. The van der Waals surface area contributed by atoms with Gasteiger partial charge in [0.25, 0.3) is 0 Å². The highest BCUT2D eigenvalue weighted by Crippen LogP contribution is 2.72. The Morgan fingerprint density at radius 1 is 0.421 bits per heavy atom. The van der Waals surface area contributed by atoms with Gasteiger partial charge in [-0.3, -0.25) is 28.8 Å². The molecule has 8 rings (SSSR count). The lowest BCUT2D eigenvalue weighted by Crippen LogP contribution is -2.63. The Hall–Kier alpha value is -1.71. The van der Waals surface area contributed by atoms with Gasteiger partial charge in [0, 0.05) is 16.2 Å². The standard InChI is InChI=1S/C13H13Cl3O3.C13H16O6/c14-8(17)11-1-7-2-12(4-11,9(15)18)6-13(3-7,5-11)10(16)19;14-8(15)11-1-7-2-12(4-11,9(16)17)6-13(3-7,5-11)10(18)19/h7H,1-6H2;7H,1-6H2,(H,14,15)(H,16,17)(H,18,19). The fraction of sp³-hybridized carbons (Fsp3) is 0.769. The first-order chi connectivity index (χ1) is 17.5. The number of carbonyl (C=O) groups is 6. The second-order valence-corrected chi connectivity index (χ2v) is 14.5. The lowest BCUT2D eigenvalue weighted by Gasteiger charge is -2.63. The van der Waals surface area contributed by atoms with E-state index in [0.717, 1.165) is 0 Å². The van der Waals surface area contributed by atoms with Gasteiger partial charge in [-0.25, -0.2) is 0 Å². The molecule has 0 saturated heterocycles. The SMILES string of the molecule is O=C(Cl)C12CC3CC(C(=O)Cl)(C1)CC(C(=O)Cl)(C3)C2.O=C(O)C12CC3CC(C(=O)O)(C1)CC(C(=O)O)(C3)C2. The summed E-state index contributed by atoms with van der Waals surface area (Å²) in [5.41, 5.74) is -5.86. The number of rotatable bonds is 6. The van der Waals surface area contributed by atoms with Gasteiger partial charge in [0.1, 0.15) is 0 Å². The molecule has 12 heteroatoms. The van der Waals surface area contributed by atoms with Crippen LogP contribution in [0.5, 0.6) is 0 Å². The van der Waals surface area contributed by atoms with Gasteiger partial charge in [-0.1, -0.05) is 0 Å². The molecule has 8 aliphatic rings. The van der Waals surface area contributed by atoms with E-state index in [1.807, 2.05) is 0 Å². The van der Waals surface area contributed by atoms with Crippen molar-refractivity contribution >= 4 is 68.4 Å². The van der Waals surface area contributed by atoms with Gasteiger partial charge in [-0.15, -0.1) is 0 Å². The summed E-state index contributed by atoms with van der Waals surface area (Å²) >= 11 is 17.4. The van der Waals surface area contributed by atoms with E-state index in [-0.39, 0.29) is 31.1 Å². The molecule has 8 saturated carbocycles. The molecule has 0 atom stereocenters. The Balaban J connectivity index is 0.000000155. The molecule has 0 aromatic rings. The molecule has 38 heavy (non-hydrogen) atoms. The van der Waals surface area contributed by atoms with Gasteiger partial charge in [0.15, 0.2) is 0 Å². The Morgan fingerprint density at radius 3 is 0.789 bits per heavy atom. The Morgan fingerprint density at radius 2 is 0.605 bits per heavy atom. The maximum Gasteiger partial charge on any atom is 0.309 e. The number of halogens is 3. The molecular weight excluding hydrogens is 563 g/mol. The maximum atomic E-state index is 11.9. The van der Waals surface area contributed by atoms with Crippen molar-refractivity contribution in [3.8, 4) is 0 Å². The van der Waals surface area contributed by atoms with E-state index in [0.29, 0.717) is 57.8 Å². The average molecular weight is 592 g/mol. The monoisotopic (exact) mass is 590 g/mol. The number of carboxylic acid groups (broad SMARTS) is 3. The van der Waals surface area contributed by atoms with Crippen LogP contribution in [0.4, 0.5) is 0 Å². The minimum atomic E-state index is -1.16. The Labute approximate surface area is 233 Å². The highest BCUT2D eigenvalue weighted by atomic mass is 35.5. The molecular formula is C26H29Cl3O9. The average Bonchev–Trinajstić information content (AvgIpc) is 2.77. The summed E-state index contributed by atoms with van der Waals surface area (Å²) in [6.45, 7) is 0. The summed E-state index contributed by atoms with van der Waals surface area (Å²) in [6.07, 6.45) is 4.55. The zero-order chi connectivity index (χ0) is 28.1. The first kappa shape index (κ1) is 27.8. The van der Waals surface area contributed by atoms with E-state index in [1.165, 1.54) is 0 Å². The summed E-state index contributed by atoms with van der Waals surface area (Å²) in [4.78, 5) is 70.4. The van der Waals surface area contributed by atoms with Crippen molar-refractivity contribution < 1.29 is 44.1 Å². The smallest absolute Gasteiger partial charge is 0.309 e. The summed E-state index contributed by atoms with van der Waals surface area (Å²) in [5.74, 6) is -3.07. The highest BCUT2D eigenvalue weighted by molar-refractivity contribution is 6.67. The zero-order valence-corrected chi connectivity index (χ0v) is 22.8. The highest BCUT2D eigenvalue weighted by Gasteiger charge is 2.71. The topological polar surface area (TPSA) is 163 Å². The van der Waals surface area contributed by atoms with Crippen LogP contribution >= 0.6 is 34.8 Å². The summed E-state index contributed by atoms with van der Waals surface area (Å²) in [5, 5.41) is 27.1. The van der Waals surface area contributed by atoms with Gasteiger partial charge >= 0.3 is 17.9 Å². The molecule has 0 aromatic carbocycles. The van der Waals surface area contributed by atoms with E-state index < -0.39 is 66.1 Å². The van der Waals surface area contributed by atoms with Gasteiger partial charge in [-0.05, 0) is 124 Å². The van der Waals surface area contributed by atoms with E-state index >= 15 is 0 Å². The van der Waals surface area contributed by atoms with Crippen LogP contribution in [0, 0.1) is 44.3 Å². The molecule has 0 spiro atoms. The third-order valence-corrected chi connectivity index (χ3v) is 12.0. The van der Waals surface area contributed by atoms with E-state index in [4.69, 9.17) is 34.8 Å². The molecule has 0 aliphatic heterocycles. The van der Waals surface area contributed by atoms with Crippen molar-refractivity contribution in [1.29, 1.82) is 0 Å². The van der Waals surface area contributed by atoms with Crippen LogP contribution in [0.2, 0.25) is 0 Å². The first-order valence-corrected chi connectivity index (χ1v) is 13.9. The third kappa shape index (κ3) is 3.78. The van der Waals surface area contributed by atoms with E-state index in [1.54, 1.807) is 0 Å². The van der Waals surface area contributed by atoms with Crippen molar-refractivity contribution in [1.82, 2.24) is 0 Å². The zero-order valence-electron chi connectivity index (χ0n) is 20.6. The van der Waals surface area contributed by atoms with Gasteiger partial charge in [0.05, 0.1) is 16.2 Å². The van der Waals surface area contributed by atoms with Crippen molar-refractivity contribution in [3.63, 3.8) is 0 Å². The predicted molar refractivity (Wildman–Crippen MR) is 132 cm³/mol. The Bertz CT molecular complexity index is 932. The molecule has 0 heterocycles. The van der Waals surface area contributed by atoms with E-state index in [9.17, 15) is 44.1 Å². The van der Waals surface area contributed by atoms with Crippen molar-refractivity contribution in [3.05, 3.63) is 0 Å². The second-order valence-electron chi connectivity index (χ2n) is 13.4. The lowest BCUT2D eigenvalue weighted by molar-refractivity contribution is -0.208. The molecule has 9 nitrogen and oxygen atoms in total. The number of hydrogen-bond donors (Lipinski definition) is 3. The summed E-state index contributed by atoms with van der Waals surface area (Å²) in [7, 11) is 0. The minimum Gasteiger partial charge on any atom is -0.481 e. The van der Waals surface area contributed by atoms with Gasteiger partial charge < -0.3 is 15.3 Å². The first-order valence-electron chi connectivity index (χ1n) is 12.8. The summed E-state index contributed by atoms with van der Waals surface area (Å²) < 4.78 is 0. The maximum absolute atomic E-state index is 11.9. The van der Waals surface area contributed by atoms with Crippen LogP contribution in [0.15, 0.2) is 0 Å². The van der Waals surface area contributed by atoms with Crippen LogP contribution in [0.3, 0.4) is 0 Å². The molecule has 0 aromatic heterocycles. The minimum absolute atomic E-state index is 0.0796. The number of carboxylic acids is 3. The van der Waals surface area contributed by atoms with Crippen LogP contribution in [0.25, 0.3) is 0 Å². The molecule has 3 N–H and O–H groups in total. The normalized spacial score (nSPS) is 47.1. The quantitative estimate of drug-likeness (QED) is 0.379. The van der Waals surface area contributed by atoms with Crippen molar-refractivity contribution in [2.24, 2.45) is 44.3 Å². The molecule has 0 unspecified atom stereocenters. The lowest BCUT2D eigenvalue weighted by atomic mass is 9.39. The molecule has 0 amide bonds.